The topological polar surface area (TPSA) is 40.5 Å². The predicted molar refractivity (Wildman–Crippen MR) is 48.4 cm³/mol. The highest BCUT2D eigenvalue weighted by molar-refractivity contribution is 6.31. The second-order valence-electron chi connectivity index (χ2n) is 2.63. The average Bonchev–Trinajstić information content (AvgIpc) is 2.03. The van der Waals surface area contributed by atoms with Crippen LogP contribution >= 0.6 is 11.6 Å². The van der Waals surface area contributed by atoms with Crippen molar-refractivity contribution in [3.05, 3.63) is 28.8 Å². The lowest BCUT2D eigenvalue weighted by Crippen LogP contribution is -1.95. The van der Waals surface area contributed by atoms with Gasteiger partial charge in [0, 0.05) is 0 Å². The third kappa shape index (κ3) is 1.90. The highest BCUT2D eigenvalue weighted by atomic mass is 35.5. The number of phenolic OH excluding ortho intramolecular Hbond substituents is 1. The number of halogens is 1. The quantitative estimate of drug-likeness (QED) is 0.745. The second kappa shape index (κ2) is 3.78. The number of hydrogen-bond donors (Lipinski definition) is 2. The van der Waals surface area contributed by atoms with E-state index >= 15 is 0 Å². The van der Waals surface area contributed by atoms with E-state index in [4.69, 9.17) is 16.7 Å². The van der Waals surface area contributed by atoms with Gasteiger partial charge >= 0.3 is 0 Å². The molecule has 2 nitrogen and oxygen atoms in total. The van der Waals surface area contributed by atoms with Crippen LogP contribution in [0.25, 0.3) is 0 Å². The molecule has 12 heavy (non-hydrogen) atoms. The Morgan fingerprint density at radius 2 is 2.17 bits per heavy atom. The Morgan fingerprint density at radius 3 is 2.67 bits per heavy atom. The van der Waals surface area contributed by atoms with E-state index in [1.54, 1.807) is 6.07 Å². The van der Waals surface area contributed by atoms with Gasteiger partial charge in [-0.25, -0.2) is 0 Å². The molecule has 0 heterocycles. The summed E-state index contributed by atoms with van der Waals surface area (Å²) >= 11 is 5.78. The molecule has 1 unspecified atom stereocenters. The fraction of sp³-hybridized carbons (Fsp3) is 0.333. The molecule has 3 heteroatoms. The third-order valence-electron chi connectivity index (χ3n) is 1.73. The summed E-state index contributed by atoms with van der Waals surface area (Å²) < 4.78 is 0. The highest BCUT2D eigenvalue weighted by Gasteiger charge is 2.08. The van der Waals surface area contributed by atoms with Crippen LogP contribution in [0.1, 0.15) is 25.0 Å². The van der Waals surface area contributed by atoms with Crippen molar-refractivity contribution in [2.75, 3.05) is 0 Å². The van der Waals surface area contributed by atoms with E-state index in [0.29, 0.717) is 17.0 Å². The lowest BCUT2D eigenvalue weighted by Gasteiger charge is -2.09. The fourth-order valence-electron chi connectivity index (χ4n) is 1.01. The lowest BCUT2D eigenvalue weighted by molar-refractivity contribution is 0.173. The summed E-state index contributed by atoms with van der Waals surface area (Å²) in [5.74, 6) is 0.118. The largest absolute Gasteiger partial charge is 0.508 e. The maximum absolute atomic E-state index is 9.43. The molecule has 0 bridgehead atoms. The van der Waals surface area contributed by atoms with Crippen molar-refractivity contribution < 1.29 is 10.2 Å². The molecular formula is C9H11ClO2. The van der Waals surface area contributed by atoms with Crippen LogP contribution in [0.15, 0.2) is 18.2 Å². The number of aliphatic hydroxyl groups excluding tert-OH is 1. The molecule has 0 saturated carbocycles. The smallest absolute Gasteiger partial charge is 0.117 e. The number of benzene rings is 1. The van der Waals surface area contributed by atoms with Gasteiger partial charge in [0.1, 0.15) is 5.75 Å². The maximum Gasteiger partial charge on any atom is 0.117 e. The minimum Gasteiger partial charge on any atom is -0.508 e. The minimum atomic E-state index is -0.543. The van der Waals surface area contributed by atoms with Gasteiger partial charge in [-0.05, 0) is 24.1 Å². The SMILES string of the molecule is CCC(O)c1ccc(O)cc1Cl. The maximum atomic E-state index is 9.43. The minimum absolute atomic E-state index is 0.118. The van der Waals surface area contributed by atoms with E-state index in [0.717, 1.165) is 0 Å². The van der Waals surface area contributed by atoms with Gasteiger partial charge in [0.25, 0.3) is 0 Å². The van der Waals surface area contributed by atoms with Gasteiger partial charge in [0.2, 0.25) is 0 Å². The van der Waals surface area contributed by atoms with Gasteiger partial charge in [-0.15, -0.1) is 0 Å². The van der Waals surface area contributed by atoms with E-state index < -0.39 is 6.10 Å². The Kier molecular flexibility index (Phi) is 2.95. The molecule has 0 radical (unpaired) electrons. The van der Waals surface area contributed by atoms with Gasteiger partial charge in [-0.2, -0.15) is 0 Å². The molecular weight excluding hydrogens is 176 g/mol. The summed E-state index contributed by atoms with van der Waals surface area (Å²) in [6.07, 6.45) is 0.0721. The van der Waals surface area contributed by atoms with Crippen LogP contribution in [0.4, 0.5) is 0 Å². The normalized spacial score (nSPS) is 12.9. The molecule has 0 spiro atoms. The molecule has 0 aliphatic heterocycles. The van der Waals surface area contributed by atoms with Crippen molar-refractivity contribution in [3.63, 3.8) is 0 Å². The van der Waals surface area contributed by atoms with Crippen molar-refractivity contribution in [3.8, 4) is 5.75 Å². The Bertz CT molecular complexity index is 273. The van der Waals surface area contributed by atoms with Crippen LogP contribution in [0.3, 0.4) is 0 Å². The van der Waals surface area contributed by atoms with Crippen LogP contribution in [0.5, 0.6) is 5.75 Å². The zero-order chi connectivity index (χ0) is 9.14. The van der Waals surface area contributed by atoms with Crippen LogP contribution in [0, 0.1) is 0 Å². The van der Waals surface area contributed by atoms with Crippen molar-refractivity contribution >= 4 is 11.6 Å². The highest BCUT2D eigenvalue weighted by Crippen LogP contribution is 2.27. The molecule has 1 rings (SSSR count). The molecule has 2 N–H and O–H groups in total. The van der Waals surface area contributed by atoms with Gasteiger partial charge < -0.3 is 10.2 Å². The van der Waals surface area contributed by atoms with Crippen molar-refractivity contribution in [2.45, 2.75) is 19.4 Å². The first-order chi connectivity index (χ1) is 5.65. The molecule has 0 fully saturated rings. The molecule has 0 saturated heterocycles. The number of aromatic hydroxyl groups is 1. The van der Waals surface area contributed by atoms with Gasteiger partial charge in [-0.1, -0.05) is 24.6 Å². The van der Waals surface area contributed by atoms with Crippen molar-refractivity contribution in [2.24, 2.45) is 0 Å². The molecule has 66 valence electrons. The summed E-state index contributed by atoms with van der Waals surface area (Å²) in [4.78, 5) is 0. The van der Waals surface area contributed by atoms with E-state index in [1.165, 1.54) is 12.1 Å². The summed E-state index contributed by atoms with van der Waals surface area (Å²) in [5.41, 5.74) is 0.664. The standard InChI is InChI=1S/C9H11ClO2/c1-2-9(12)7-4-3-6(11)5-8(7)10/h3-5,9,11-12H,2H2,1H3. The van der Waals surface area contributed by atoms with Crippen LogP contribution in [0.2, 0.25) is 5.02 Å². The molecule has 0 amide bonds. The molecule has 1 atom stereocenters. The number of rotatable bonds is 2. The van der Waals surface area contributed by atoms with Gasteiger partial charge in [0.15, 0.2) is 0 Å². The second-order valence-corrected chi connectivity index (χ2v) is 3.04. The summed E-state index contributed by atoms with van der Waals surface area (Å²) in [5, 5.41) is 18.9. The first kappa shape index (κ1) is 9.36. The predicted octanol–water partition coefficient (Wildman–Crippen LogP) is 2.49. The molecule has 0 aliphatic carbocycles. The Hall–Kier alpha value is -0.730. The third-order valence-corrected chi connectivity index (χ3v) is 2.06. The summed E-state index contributed by atoms with van der Waals surface area (Å²) in [6.45, 7) is 1.87. The fourth-order valence-corrected chi connectivity index (χ4v) is 1.31. The summed E-state index contributed by atoms with van der Waals surface area (Å²) in [6, 6.07) is 4.57. The Morgan fingerprint density at radius 1 is 1.50 bits per heavy atom. The first-order valence-corrected chi connectivity index (χ1v) is 4.19. The van der Waals surface area contributed by atoms with Crippen molar-refractivity contribution in [1.29, 1.82) is 0 Å². The first-order valence-electron chi connectivity index (χ1n) is 3.81. The van der Waals surface area contributed by atoms with Gasteiger partial charge in [0.05, 0.1) is 11.1 Å². The average molecular weight is 187 g/mol. The zero-order valence-corrected chi connectivity index (χ0v) is 7.54. The Balaban J connectivity index is 3.01. The molecule has 1 aromatic carbocycles. The summed E-state index contributed by atoms with van der Waals surface area (Å²) in [7, 11) is 0. The van der Waals surface area contributed by atoms with E-state index in [1.807, 2.05) is 6.92 Å². The molecule has 0 aliphatic rings. The molecule has 1 aromatic rings. The van der Waals surface area contributed by atoms with E-state index in [-0.39, 0.29) is 5.75 Å². The van der Waals surface area contributed by atoms with Crippen LogP contribution in [-0.4, -0.2) is 10.2 Å². The monoisotopic (exact) mass is 186 g/mol. The molecule has 0 aromatic heterocycles. The Labute approximate surface area is 76.4 Å². The number of aliphatic hydroxyl groups is 1. The number of hydrogen-bond acceptors (Lipinski definition) is 2. The number of phenols is 1. The van der Waals surface area contributed by atoms with Crippen LogP contribution in [-0.2, 0) is 0 Å². The zero-order valence-electron chi connectivity index (χ0n) is 6.79. The van der Waals surface area contributed by atoms with E-state index in [2.05, 4.69) is 0 Å². The van der Waals surface area contributed by atoms with Crippen molar-refractivity contribution in [1.82, 2.24) is 0 Å². The van der Waals surface area contributed by atoms with Crippen LogP contribution < -0.4 is 0 Å². The van der Waals surface area contributed by atoms with Gasteiger partial charge in [-0.3, -0.25) is 0 Å². The lowest BCUT2D eigenvalue weighted by atomic mass is 10.1. The van der Waals surface area contributed by atoms with E-state index in [9.17, 15) is 5.11 Å².